The summed E-state index contributed by atoms with van der Waals surface area (Å²) in [7, 11) is 0. The molecular weight excluding hydrogens is 222 g/mol. The van der Waals surface area contributed by atoms with Gasteiger partial charge in [0.05, 0.1) is 0 Å². The van der Waals surface area contributed by atoms with Crippen molar-refractivity contribution in [2.75, 3.05) is 13.2 Å². The molecule has 0 fully saturated rings. The van der Waals surface area contributed by atoms with Gasteiger partial charge in [-0.2, -0.15) is 0 Å². The number of benzene rings is 1. The van der Waals surface area contributed by atoms with E-state index in [0.717, 1.165) is 11.1 Å². The Kier molecular flexibility index (Phi) is 4.51. The van der Waals surface area contributed by atoms with Crippen LogP contribution in [0, 0.1) is 19.9 Å². The number of carbonyl (C=O) groups excluding carboxylic acids is 1. The van der Waals surface area contributed by atoms with Crippen LogP contribution in [0.1, 0.15) is 11.1 Å². The zero-order valence-corrected chi connectivity index (χ0v) is 9.74. The molecule has 1 amide bonds. The van der Waals surface area contributed by atoms with Gasteiger partial charge in [-0.1, -0.05) is 0 Å². The Bertz CT molecular complexity index is 408. The van der Waals surface area contributed by atoms with Crippen LogP contribution in [0.4, 0.5) is 0 Å². The number of rotatable bonds is 5. The summed E-state index contributed by atoms with van der Waals surface area (Å²) in [5, 5.41) is 10.6. The Morgan fingerprint density at radius 1 is 1.35 bits per heavy atom. The Balaban J connectivity index is 2.50. The summed E-state index contributed by atoms with van der Waals surface area (Å²) in [5.74, 6) is -0.909. The summed E-state index contributed by atoms with van der Waals surface area (Å²) in [4.78, 5) is 21.5. The molecule has 0 spiro atoms. The molecule has 0 aromatic heterocycles. The van der Waals surface area contributed by atoms with Gasteiger partial charge < -0.3 is 15.2 Å². The van der Waals surface area contributed by atoms with Crippen LogP contribution in [0.5, 0.6) is 5.75 Å². The number of nitrogens with one attached hydrogen (secondary N) is 1. The van der Waals surface area contributed by atoms with Crippen molar-refractivity contribution < 1.29 is 19.4 Å². The summed E-state index contributed by atoms with van der Waals surface area (Å²) >= 11 is 0. The number of carboxylic acid groups (broad SMARTS) is 1. The fraction of sp³-hybridized carbons (Fsp3) is 0.333. The maximum atomic E-state index is 11.2. The van der Waals surface area contributed by atoms with Gasteiger partial charge in [0.15, 0.2) is 6.61 Å². The van der Waals surface area contributed by atoms with Crippen LogP contribution in [0.2, 0.25) is 0 Å². The first-order valence-corrected chi connectivity index (χ1v) is 5.09. The second-order valence-electron chi connectivity index (χ2n) is 3.61. The Morgan fingerprint density at radius 2 is 1.94 bits per heavy atom. The molecule has 0 aliphatic rings. The van der Waals surface area contributed by atoms with Crippen molar-refractivity contribution in [3.63, 3.8) is 0 Å². The Morgan fingerprint density at radius 3 is 2.47 bits per heavy atom. The average Bonchev–Trinajstić information content (AvgIpc) is 2.25. The largest absolute Gasteiger partial charge is 0.483 e. The standard InChI is InChI=1S/C12H14NO4/c1-8-4-3-5-9(2)12(8)17-7-10(14)13-6-11(15)16/h4-5H,6-7H2,1-2H3,(H,13,14)(H,15,16). The number of ether oxygens (including phenoxy) is 1. The van der Waals surface area contributed by atoms with Gasteiger partial charge in [-0.25, -0.2) is 0 Å². The number of carboxylic acids is 1. The molecule has 91 valence electrons. The number of carbonyl (C=O) groups is 2. The van der Waals surface area contributed by atoms with Crippen molar-refractivity contribution in [1.82, 2.24) is 5.32 Å². The van der Waals surface area contributed by atoms with Gasteiger partial charge in [0, 0.05) is 0 Å². The summed E-state index contributed by atoms with van der Waals surface area (Å²) < 4.78 is 5.34. The quantitative estimate of drug-likeness (QED) is 0.788. The van der Waals surface area contributed by atoms with Crippen molar-refractivity contribution >= 4 is 11.9 Å². The predicted molar refractivity (Wildman–Crippen MR) is 60.9 cm³/mol. The minimum absolute atomic E-state index is 0.195. The highest BCUT2D eigenvalue weighted by Gasteiger charge is 2.07. The molecule has 5 nitrogen and oxygen atoms in total. The van der Waals surface area contributed by atoms with E-state index in [4.69, 9.17) is 9.84 Å². The lowest BCUT2D eigenvalue weighted by Crippen LogP contribution is -2.33. The van der Waals surface area contributed by atoms with E-state index in [1.54, 1.807) is 12.1 Å². The number of amides is 1. The van der Waals surface area contributed by atoms with E-state index in [9.17, 15) is 9.59 Å². The topological polar surface area (TPSA) is 75.6 Å². The molecule has 0 heterocycles. The number of aliphatic carboxylic acids is 1. The molecule has 0 aliphatic heterocycles. The van der Waals surface area contributed by atoms with E-state index in [2.05, 4.69) is 11.4 Å². The summed E-state index contributed by atoms with van der Waals surface area (Å²) in [6.07, 6.45) is 0. The van der Waals surface area contributed by atoms with E-state index in [0.29, 0.717) is 5.75 Å². The van der Waals surface area contributed by atoms with Crippen LogP contribution in [0.3, 0.4) is 0 Å². The van der Waals surface area contributed by atoms with Gasteiger partial charge in [0.1, 0.15) is 12.3 Å². The monoisotopic (exact) mass is 236 g/mol. The molecule has 0 saturated heterocycles. The summed E-state index contributed by atoms with van der Waals surface area (Å²) in [6.45, 7) is 3.11. The van der Waals surface area contributed by atoms with Crippen LogP contribution in [-0.2, 0) is 9.59 Å². The Labute approximate surface area is 99.4 Å². The van der Waals surface area contributed by atoms with Crippen LogP contribution in [-0.4, -0.2) is 30.1 Å². The minimum atomic E-state index is -1.08. The molecule has 0 aliphatic carbocycles. The number of aryl methyl sites for hydroxylation is 2. The highest BCUT2D eigenvalue weighted by Crippen LogP contribution is 2.21. The third kappa shape index (κ3) is 4.14. The van der Waals surface area contributed by atoms with Gasteiger partial charge in [0.2, 0.25) is 0 Å². The maximum absolute atomic E-state index is 11.2. The smallest absolute Gasteiger partial charge is 0.322 e. The van der Waals surface area contributed by atoms with E-state index < -0.39 is 18.4 Å². The molecule has 0 bridgehead atoms. The normalized spacial score (nSPS) is 9.76. The Hall–Kier alpha value is -2.04. The number of hydrogen-bond donors (Lipinski definition) is 2. The maximum Gasteiger partial charge on any atom is 0.322 e. The minimum Gasteiger partial charge on any atom is -0.483 e. The lowest BCUT2D eigenvalue weighted by atomic mass is 10.1. The first-order valence-electron chi connectivity index (χ1n) is 5.09. The summed E-state index contributed by atoms with van der Waals surface area (Å²) in [5.41, 5.74) is 1.77. The molecule has 1 radical (unpaired) electrons. The van der Waals surface area contributed by atoms with Crippen LogP contribution in [0.25, 0.3) is 0 Å². The van der Waals surface area contributed by atoms with Crippen LogP contribution in [0.15, 0.2) is 12.1 Å². The van der Waals surface area contributed by atoms with Gasteiger partial charge in [-0.3, -0.25) is 9.59 Å². The van der Waals surface area contributed by atoms with E-state index >= 15 is 0 Å². The zero-order valence-electron chi connectivity index (χ0n) is 9.74. The van der Waals surface area contributed by atoms with E-state index in [1.165, 1.54) is 0 Å². The highest BCUT2D eigenvalue weighted by atomic mass is 16.5. The molecule has 1 rings (SSSR count). The van der Waals surface area contributed by atoms with Gasteiger partial charge in [-0.15, -0.1) is 0 Å². The van der Waals surface area contributed by atoms with Crippen LogP contribution < -0.4 is 10.1 Å². The fourth-order valence-electron chi connectivity index (χ4n) is 1.32. The van der Waals surface area contributed by atoms with Crippen molar-refractivity contribution in [1.29, 1.82) is 0 Å². The molecule has 17 heavy (non-hydrogen) atoms. The fourth-order valence-corrected chi connectivity index (χ4v) is 1.32. The van der Waals surface area contributed by atoms with Crippen molar-refractivity contribution in [3.8, 4) is 5.75 Å². The number of hydrogen-bond acceptors (Lipinski definition) is 3. The zero-order chi connectivity index (χ0) is 12.8. The lowest BCUT2D eigenvalue weighted by Gasteiger charge is -2.11. The van der Waals surface area contributed by atoms with Crippen LogP contribution >= 0.6 is 0 Å². The van der Waals surface area contributed by atoms with Gasteiger partial charge in [-0.05, 0) is 43.2 Å². The molecule has 2 N–H and O–H groups in total. The van der Waals surface area contributed by atoms with Crippen molar-refractivity contribution in [2.45, 2.75) is 13.8 Å². The van der Waals surface area contributed by atoms with Gasteiger partial charge in [0.25, 0.3) is 5.91 Å². The molecular formula is C12H14NO4. The van der Waals surface area contributed by atoms with Gasteiger partial charge >= 0.3 is 5.97 Å². The molecule has 0 atom stereocenters. The van der Waals surface area contributed by atoms with E-state index in [-0.39, 0.29) is 6.61 Å². The second kappa shape index (κ2) is 5.89. The van der Waals surface area contributed by atoms with E-state index in [1.807, 2.05) is 13.8 Å². The van der Waals surface area contributed by atoms with Crippen molar-refractivity contribution in [3.05, 3.63) is 29.3 Å². The third-order valence-electron chi connectivity index (χ3n) is 2.10. The average molecular weight is 236 g/mol. The SMILES string of the molecule is Cc1c[c]cc(C)c1OCC(=O)NCC(=O)O. The molecule has 0 saturated carbocycles. The first kappa shape index (κ1) is 13.0. The second-order valence-corrected chi connectivity index (χ2v) is 3.61. The lowest BCUT2D eigenvalue weighted by molar-refractivity contribution is -0.138. The predicted octanol–water partition coefficient (Wildman–Crippen LogP) is 0.683. The van der Waals surface area contributed by atoms with Crippen molar-refractivity contribution in [2.24, 2.45) is 0 Å². The first-order chi connectivity index (χ1) is 8.00. The molecule has 1 aromatic carbocycles. The molecule has 0 unspecified atom stereocenters. The summed E-state index contributed by atoms with van der Waals surface area (Å²) in [6, 6.07) is 6.46. The highest BCUT2D eigenvalue weighted by molar-refractivity contribution is 5.82. The molecule has 1 aromatic rings. The third-order valence-corrected chi connectivity index (χ3v) is 2.10. The molecule has 5 heteroatoms.